The maximum absolute atomic E-state index is 11.7. The van der Waals surface area contributed by atoms with Gasteiger partial charge in [-0.15, -0.1) is 12.4 Å². The molecule has 114 valence electrons. The average molecular weight is 299 g/mol. The van der Waals surface area contributed by atoms with Gasteiger partial charge in [-0.25, -0.2) is 0 Å². The second-order valence-electron chi connectivity index (χ2n) is 5.78. The van der Waals surface area contributed by atoms with Crippen molar-refractivity contribution in [3.05, 3.63) is 35.9 Å². The quantitative estimate of drug-likeness (QED) is 0.813. The predicted molar refractivity (Wildman–Crippen MR) is 87.5 cm³/mol. The lowest BCUT2D eigenvalue weighted by Gasteiger charge is -2.29. The van der Waals surface area contributed by atoms with Gasteiger partial charge in [0.25, 0.3) is 0 Å². The molecule has 2 N–H and O–H groups in total. The van der Waals surface area contributed by atoms with Gasteiger partial charge in [0.1, 0.15) is 0 Å². The summed E-state index contributed by atoms with van der Waals surface area (Å²) in [6.45, 7) is 7.24. The Morgan fingerprint density at radius 1 is 1.25 bits per heavy atom. The Hall–Kier alpha value is -1.06. The first-order valence-electron chi connectivity index (χ1n) is 6.95. The summed E-state index contributed by atoms with van der Waals surface area (Å²) in [5.74, 6) is 0.116. The highest BCUT2D eigenvalue weighted by Crippen LogP contribution is 2.28. The fourth-order valence-corrected chi connectivity index (χ4v) is 2.41. The molecule has 1 aromatic carbocycles. The molecule has 3 nitrogen and oxygen atoms in total. The highest BCUT2D eigenvalue weighted by Gasteiger charge is 2.23. The van der Waals surface area contributed by atoms with Crippen molar-refractivity contribution in [2.75, 3.05) is 13.6 Å². The predicted octanol–water partition coefficient (Wildman–Crippen LogP) is 2.89. The van der Waals surface area contributed by atoms with Gasteiger partial charge >= 0.3 is 0 Å². The van der Waals surface area contributed by atoms with Gasteiger partial charge < -0.3 is 10.6 Å². The Labute approximate surface area is 128 Å². The molecule has 0 fully saturated rings. The number of hydrogen-bond acceptors (Lipinski definition) is 2. The van der Waals surface area contributed by atoms with Crippen LogP contribution in [0, 0.1) is 0 Å². The van der Waals surface area contributed by atoms with Crippen molar-refractivity contribution < 1.29 is 4.79 Å². The zero-order chi connectivity index (χ0) is 14.3. The van der Waals surface area contributed by atoms with E-state index >= 15 is 0 Å². The van der Waals surface area contributed by atoms with E-state index in [1.165, 1.54) is 5.56 Å². The summed E-state index contributed by atoms with van der Waals surface area (Å²) in [5, 5.41) is 6.05. The smallest absolute Gasteiger partial charge is 0.221 e. The van der Waals surface area contributed by atoms with Crippen molar-refractivity contribution in [1.29, 1.82) is 0 Å². The number of halogens is 1. The van der Waals surface area contributed by atoms with Gasteiger partial charge in [0, 0.05) is 19.0 Å². The molecule has 0 aliphatic rings. The highest BCUT2D eigenvalue weighted by atomic mass is 35.5. The van der Waals surface area contributed by atoms with Gasteiger partial charge in [0.2, 0.25) is 5.91 Å². The molecule has 1 amide bonds. The van der Waals surface area contributed by atoms with E-state index in [-0.39, 0.29) is 29.8 Å². The van der Waals surface area contributed by atoms with E-state index < -0.39 is 0 Å². The van der Waals surface area contributed by atoms with Crippen LogP contribution in [0.3, 0.4) is 0 Å². The third-order valence-electron chi connectivity index (χ3n) is 3.38. The van der Waals surface area contributed by atoms with Crippen molar-refractivity contribution in [2.24, 2.45) is 0 Å². The molecule has 1 rings (SSSR count). The lowest BCUT2D eigenvalue weighted by molar-refractivity contribution is -0.121. The normalized spacial score (nSPS) is 12.4. The van der Waals surface area contributed by atoms with Crippen LogP contribution in [0.25, 0.3) is 0 Å². The van der Waals surface area contributed by atoms with Crippen LogP contribution >= 0.6 is 12.4 Å². The van der Waals surface area contributed by atoms with Gasteiger partial charge in [0.05, 0.1) is 0 Å². The molecule has 0 saturated heterocycles. The van der Waals surface area contributed by atoms with Crippen LogP contribution in [0.1, 0.15) is 39.2 Å². The summed E-state index contributed by atoms with van der Waals surface area (Å²) in [4.78, 5) is 11.7. The maximum Gasteiger partial charge on any atom is 0.221 e. The summed E-state index contributed by atoms with van der Waals surface area (Å²) in [6, 6.07) is 10.6. The molecule has 0 aliphatic carbocycles. The second-order valence-corrected chi connectivity index (χ2v) is 5.78. The molecule has 0 spiro atoms. The van der Waals surface area contributed by atoms with Crippen LogP contribution in [0.15, 0.2) is 30.3 Å². The van der Waals surface area contributed by atoms with Crippen LogP contribution in [-0.4, -0.2) is 25.5 Å². The van der Waals surface area contributed by atoms with Crippen LogP contribution in [0.2, 0.25) is 0 Å². The summed E-state index contributed by atoms with van der Waals surface area (Å²) in [7, 11) is 1.86. The Morgan fingerprint density at radius 3 is 2.40 bits per heavy atom. The molecule has 20 heavy (non-hydrogen) atoms. The number of nitrogens with one attached hydrogen (secondary N) is 2. The molecule has 0 aromatic heterocycles. The van der Waals surface area contributed by atoms with E-state index in [1.54, 1.807) is 0 Å². The fraction of sp³-hybridized carbons (Fsp3) is 0.562. The van der Waals surface area contributed by atoms with Gasteiger partial charge in [-0.3, -0.25) is 4.79 Å². The summed E-state index contributed by atoms with van der Waals surface area (Å²) >= 11 is 0. The van der Waals surface area contributed by atoms with E-state index in [0.29, 0.717) is 6.42 Å². The van der Waals surface area contributed by atoms with E-state index in [2.05, 4.69) is 55.7 Å². The van der Waals surface area contributed by atoms with Crippen LogP contribution < -0.4 is 10.6 Å². The minimum absolute atomic E-state index is 0. The summed E-state index contributed by atoms with van der Waals surface area (Å²) in [6.07, 6.45) is 1.47. The zero-order valence-corrected chi connectivity index (χ0v) is 13.7. The van der Waals surface area contributed by atoms with Gasteiger partial charge in [-0.1, -0.05) is 44.2 Å². The van der Waals surface area contributed by atoms with Crippen molar-refractivity contribution in [2.45, 2.75) is 45.1 Å². The molecular formula is C16H27ClN2O. The number of carbonyl (C=O) groups is 1. The molecule has 1 aromatic rings. The SMILES string of the molecule is CNCCC(=O)NC(C)CC(C)(C)c1ccccc1.Cl. The van der Waals surface area contributed by atoms with Gasteiger partial charge in [0.15, 0.2) is 0 Å². The zero-order valence-electron chi connectivity index (χ0n) is 12.9. The molecule has 0 bridgehead atoms. The largest absolute Gasteiger partial charge is 0.354 e. The Balaban J connectivity index is 0.00000361. The molecule has 1 atom stereocenters. The third-order valence-corrected chi connectivity index (χ3v) is 3.38. The first-order valence-corrected chi connectivity index (χ1v) is 6.95. The third kappa shape index (κ3) is 6.40. The minimum atomic E-state index is 0. The molecular weight excluding hydrogens is 272 g/mol. The minimum Gasteiger partial charge on any atom is -0.354 e. The maximum atomic E-state index is 11.7. The molecule has 0 saturated carbocycles. The number of carbonyl (C=O) groups excluding carboxylic acids is 1. The topological polar surface area (TPSA) is 41.1 Å². The van der Waals surface area contributed by atoms with Crippen LogP contribution in [0.4, 0.5) is 0 Å². The standard InChI is InChI=1S/C16H26N2O.ClH/c1-13(18-15(19)10-11-17-4)12-16(2,3)14-8-6-5-7-9-14;/h5-9,13,17H,10-12H2,1-4H3,(H,18,19);1H. The average Bonchev–Trinajstić information content (AvgIpc) is 2.36. The number of hydrogen-bond donors (Lipinski definition) is 2. The van der Waals surface area contributed by atoms with Crippen molar-refractivity contribution >= 4 is 18.3 Å². The van der Waals surface area contributed by atoms with E-state index in [4.69, 9.17) is 0 Å². The summed E-state index contributed by atoms with van der Waals surface area (Å²) in [5.41, 5.74) is 1.38. The van der Waals surface area contributed by atoms with Gasteiger partial charge in [-0.05, 0) is 31.4 Å². The molecule has 0 heterocycles. The Morgan fingerprint density at radius 2 is 1.85 bits per heavy atom. The van der Waals surface area contributed by atoms with Crippen molar-refractivity contribution in [1.82, 2.24) is 10.6 Å². The van der Waals surface area contributed by atoms with E-state index in [0.717, 1.165) is 13.0 Å². The first-order chi connectivity index (χ1) is 8.95. The molecule has 0 aliphatic heterocycles. The number of rotatable bonds is 7. The molecule has 4 heteroatoms. The fourth-order valence-electron chi connectivity index (χ4n) is 2.41. The lowest BCUT2D eigenvalue weighted by Crippen LogP contribution is -2.38. The number of amides is 1. The van der Waals surface area contributed by atoms with Crippen LogP contribution in [0.5, 0.6) is 0 Å². The van der Waals surface area contributed by atoms with E-state index in [9.17, 15) is 4.79 Å². The Kier molecular flexibility index (Phi) is 8.51. The van der Waals surface area contributed by atoms with Crippen LogP contribution in [-0.2, 0) is 10.2 Å². The van der Waals surface area contributed by atoms with E-state index in [1.807, 2.05) is 13.1 Å². The van der Waals surface area contributed by atoms with Crippen molar-refractivity contribution in [3.8, 4) is 0 Å². The van der Waals surface area contributed by atoms with Gasteiger partial charge in [-0.2, -0.15) is 0 Å². The first kappa shape index (κ1) is 18.9. The second kappa shape index (κ2) is 8.98. The lowest BCUT2D eigenvalue weighted by atomic mass is 9.79. The molecule has 0 radical (unpaired) electrons. The van der Waals surface area contributed by atoms with Crippen molar-refractivity contribution in [3.63, 3.8) is 0 Å². The summed E-state index contributed by atoms with van der Waals surface area (Å²) < 4.78 is 0. The Bertz CT molecular complexity index is 393. The highest BCUT2D eigenvalue weighted by molar-refractivity contribution is 5.85. The monoisotopic (exact) mass is 298 g/mol. The molecule has 1 unspecified atom stereocenters. The number of benzene rings is 1.